The van der Waals surface area contributed by atoms with E-state index in [-0.39, 0.29) is 11.9 Å². The van der Waals surface area contributed by atoms with Crippen LogP contribution in [0, 0.1) is 5.82 Å². The Bertz CT molecular complexity index is 560. The number of benzene rings is 1. The van der Waals surface area contributed by atoms with Crippen molar-refractivity contribution in [2.24, 2.45) is 5.73 Å². The monoisotopic (exact) mass is 282 g/mol. The van der Waals surface area contributed by atoms with Crippen molar-refractivity contribution in [3.8, 4) is 0 Å². The normalized spacial score (nSPS) is 12.4. The van der Waals surface area contributed by atoms with E-state index in [0.717, 1.165) is 10.5 Å². The van der Waals surface area contributed by atoms with E-state index in [9.17, 15) is 4.39 Å². The molecule has 0 saturated heterocycles. The number of rotatable bonds is 3. The number of nitrogens with zero attached hydrogens (tertiary/aromatic N) is 1. The van der Waals surface area contributed by atoms with E-state index >= 15 is 0 Å². The summed E-state index contributed by atoms with van der Waals surface area (Å²) in [6.07, 6.45) is 1.67. The predicted octanol–water partition coefficient (Wildman–Crippen LogP) is 4.05. The van der Waals surface area contributed by atoms with Crippen LogP contribution in [0.25, 0.3) is 0 Å². The second kappa shape index (κ2) is 5.69. The summed E-state index contributed by atoms with van der Waals surface area (Å²) >= 11 is 7.44. The summed E-state index contributed by atoms with van der Waals surface area (Å²) in [6.45, 7) is 1.82. The highest BCUT2D eigenvalue weighted by atomic mass is 35.5. The molecule has 0 aliphatic heterocycles. The molecule has 18 heavy (non-hydrogen) atoms. The van der Waals surface area contributed by atoms with Crippen molar-refractivity contribution in [2.75, 3.05) is 0 Å². The first-order valence-electron chi connectivity index (χ1n) is 5.41. The van der Waals surface area contributed by atoms with E-state index in [0.29, 0.717) is 10.0 Å². The van der Waals surface area contributed by atoms with E-state index in [1.165, 1.54) is 23.9 Å². The van der Waals surface area contributed by atoms with Gasteiger partial charge in [0.15, 0.2) is 0 Å². The van der Waals surface area contributed by atoms with Gasteiger partial charge in [-0.2, -0.15) is 0 Å². The van der Waals surface area contributed by atoms with Crippen molar-refractivity contribution < 1.29 is 4.39 Å². The Morgan fingerprint density at radius 3 is 2.83 bits per heavy atom. The smallest absolute Gasteiger partial charge is 0.123 e. The van der Waals surface area contributed by atoms with Crippen molar-refractivity contribution in [2.45, 2.75) is 22.9 Å². The fourth-order valence-electron chi connectivity index (χ4n) is 1.52. The van der Waals surface area contributed by atoms with Crippen LogP contribution in [-0.4, -0.2) is 4.98 Å². The zero-order valence-electron chi connectivity index (χ0n) is 9.73. The number of aromatic nitrogens is 1. The van der Waals surface area contributed by atoms with Crippen molar-refractivity contribution in [1.82, 2.24) is 4.98 Å². The van der Waals surface area contributed by atoms with Gasteiger partial charge in [0.2, 0.25) is 0 Å². The predicted molar refractivity (Wildman–Crippen MR) is 72.4 cm³/mol. The molecule has 0 fully saturated rings. The molecule has 5 heteroatoms. The Hall–Kier alpha value is -1.10. The summed E-state index contributed by atoms with van der Waals surface area (Å²) in [4.78, 5) is 5.06. The fraction of sp³-hybridized carbons (Fsp3) is 0.154. The van der Waals surface area contributed by atoms with Crippen molar-refractivity contribution in [3.63, 3.8) is 0 Å². The number of nitrogens with two attached hydrogens (primary N) is 1. The highest BCUT2D eigenvalue weighted by molar-refractivity contribution is 7.99. The third-order valence-electron chi connectivity index (χ3n) is 2.39. The zero-order valence-corrected chi connectivity index (χ0v) is 11.3. The molecule has 0 amide bonds. The minimum absolute atomic E-state index is 0.245. The van der Waals surface area contributed by atoms with Crippen molar-refractivity contribution >= 4 is 23.4 Å². The minimum Gasteiger partial charge on any atom is -0.324 e. The van der Waals surface area contributed by atoms with Gasteiger partial charge in [-0.05, 0) is 42.8 Å². The highest BCUT2D eigenvalue weighted by Crippen LogP contribution is 2.35. The summed E-state index contributed by atoms with van der Waals surface area (Å²) in [5.74, 6) is -0.293. The van der Waals surface area contributed by atoms with Crippen LogP contribution >= 0.6 is 23.4 Å². The number of pyridine rings is 1. The van der Waals surface area contributed by atoms with Gasteiger partial charge >= 0.3 is 0 Å². The molecule has 94 valence electrons. The Morgan fingerprint density at radius 1 is 1.39 bits per heavy atom. The largest absolute Gasteiger partial charge is 0.324 e. The van der Waals surface area contributed by atoms with Gasteiger partial charge in [0.05, 0.1) is 5.02 Å². The summed E-state index contributed by atoms with van der Waals surface area (Å²) < 4.78 is 13.2. The van der Waals surface area contributed by atoms with Crippen LogP contribution in [0.1, 0.15) is 18.5 Å². The molecule has 0 bridgehead atoms. The first-order valence-corrected chi connectivity index (χ1v) is 6.61. The minimum atomic E-state index is -0.293. The molecule has 2 rings (SSSR count). The average Bonchev–Trinajstić information content (AvgIpc) is 2.34. The van der Waals surface area contributed by atoms with Crippen LogP contribution in [0.2, 0.25) is 5.02 Å². The maximum absolute atomic E-state index is 13.2. The molecule has 1 heterocycles. The summed E-state index contributed by atoms with van der Waals surface area (Å²) in [6, 6.07) is 7.85. The second-order valence-electron chi connectivity index (χ2n) is 3.86. The molecule has 0 spiro atoms. The van der Waals surface area contributed by atoms with Gasteiger partial charge in [0.1, 0.15) is 10.8 Å². The van der Waals surface area contributed by atoms with Crippen LogP contribution in [-0.2, 0) is 0 Å². The topological polar surface area (TPSA) is 38.9 Å². The molecule has 0 aliphatic carbocycles. The van der Waals surface area contributed by atoms with Crippen LogP contribution in [0.4, 0.5) is 4.39 Å². The van der Waals surface area contributed by atoms with Crippen LogP contribution in [0.15, 0.2) is 46.5 Å². The lowest BCUT2D eigenvalue weighted by Gasteiger charge is -2.12. The van der Waals surface area contributed by atoms with Gasteiger partial charge in [0.25, 0.3) is 0 Å². The molecule has 0 saturated carbocycles. The van der Waals surface area contributed by atoms with Crippen LogP contribution in [0.3, 0.4) is 0 Å². The van der Waals surface area contributed by atoms with Crippen LogP contribution < -0.4 is 5.73 Å². The van der Waals surface area contributed by atoms with Crippen molar-refractivity contribution in [1.29, 1.82) is 0 Å². The average molecular weight is 283 g/mol. The van der Waals surface area contributed by atoms with E-state index < -0.39 is 0 Å². The summed E-state index contributed by atoms with van der Waals surface area (Å²) in [5.41, 5.74) is 6.59. The van der Waals surface area contributed by atoms with Gasteiger partial charge in [-0.15, -0.1) is 0 Å². The first-order chi connectivity index (χ1) is 8.58. The zero-order chi connectivity index (χ0) is 13.1. The standard InChI is InChI=1S/C13H12ClFN2S/c1-8(16)10-7-9(15)4-5-12(10)18-13-11(14)3-2-6-17-13/h2-8H,16H2,1H3/t8-/m1/s1. The molecule has 0 radical (unpaired) electrons. The SMILES string of the molecule is C[C@@H](N)c1cc(F)ccc1Sc1ncccc1Cl. The van der Waals surface area contributed by atoms with Gasteiger partial charge in [0, 0.05) is 17.1 Å². The lowest BCUT2D eigenvalue weighted by atomic mass is 10.1. The molecular weight excluding hydrogens is 271 g/mol. The van der Waals surface area contributed by atoms with Crippen molar-refractivity contribution in [3.05, 3.63) is 52.9 Å². The Labute approximate surface area is 114 Å². The molecule has 2 nitrogen and oxygen atoms in total. The lowest BCUT2D eigenvalue weighted by Crippen LogP contribution is -2.06. The van der Waals surface area contributed by atoms with E-state index in [1.54, 1.807) is 24.4 Å². The van der Waals surface area contributed by atoms with E-state index in [2.05, 4.69) is 4.98 Å². The maximum atomic E-state index is 13.2. The Morgan fingerprint density at radius 2 is 2.17 bits per heavy atom. The third-order valence-corrected chi connectivity index (χ3v) is 3.92. The molecule has 0 aliphatic rings. The maximum Gasteiger partial charge on any atom is 0.123 e. The van der Waals surface area contributed by atoms with Gasteiger partial charge in [-0.1, -0.05) is 23.4 Å². The summed E-state index contributed by atoms with van der Waals surface area (Å²) in [5, 5.41) is 1.26. The second-order valence-corrected chi connectivity index (χ2v) is 5.30. The van der Waals surface area contributed by atoms with Gasteiger partial charge in [-0.3, -0.25) is 0 Å². The van der Waals surface area contributed by atoms with Gasteiger partial charge in [-0.25, -0.2) is 9.37 Å². The third kappa shape index (κ3) is 3.02. The number of halogens is 2. The molecule has 1 atom stereocenters. The first kappa shape index (κ1) is 13.3. The van der Waals surface area contributed by atoms with E-state index in [4.69, 9.17) is 17.3 Å². The molecule has 1 aromatic carbocycles. The Kier molecular flexibility index (Phi) is 4.22. The molecule has 0 unspecified atom stereocenters. The quantitative estimate of drug-likeness (QED) is 0.923. The van der Waals surface area contributed by atoms with E-state index in [1.807, 2.05) is 6.92 Å². The Balaban J connectivity index is 2.37. The summed E-state index contributed by atoms with van der Waals surface area (Å²) in [7, 11) is 0. The molecular formula is C13H12ClFN2S. The van der Waals surface area contributed by atoms with Crippen LogP contribution in [0.5, 0.6) is 0 Å². The number of hydrogen-bond acceptors (Lipinski definition) is 3. The fourth-order valence-corrected chi connectivity index (χ4v) is 2.74. The number of hydrogen-bond donors (Lipinski definition) is 1. The molecule has 2 aromatic rings. The molecule has 1 aromatic heterocycles. The van der Waals surface area contributed by atoms with Gasteiger partial charge < -0.3 is 5.73 Å². The molecule has 2 N–H and O–H groups in total. The lowest BCUT2D eigenvalue weighted by molar-refractivity contribution is 0.619. The highest BCUT2D eigenvalue weighted by Gasteiger charge is 2.11.